The van der Waals surface area contributed by atoms with Gasteiger partial charge in [-0.1, -0.05) is 36.4 Å². The lowest BCUT2D eigenvalue weighted by Crippen LogP contribution is -2.33. The molecule has 0 radical (unpaired) electrons. The van der Waals surface area contributed by atoms with Crippen LogP contribution in [-0.2, 0) is 9.53 Å². The summed E-state index contributed by atoms with van der Waals surface area (Å²) >= 11 is 0. The van der Waals surface area contributed by atoms with Gasteiger partial charge in [-0.25, -0.2) is 0 Å². The van der Waals surface area contributed by atoms with E-state index in [2.05, 4.69) is 5.32 Å². The van der Waals surface area contributed by atoms with E-state index >= 15 is 0 Å². The van der Waals surface area contributed by atoms with Crippen molar-refractivity contribution in [2.45, 2.75) is 26.4 Å². The molecule has 0 aliphatic carbocycles. The highest BCUT2D eigenvalue weighted by Crippen LogP contribution is 2.28. The van der Waals surface area contributed by atoms with Crippen molar-refractivity contribution in [2.75, 3.05) is 13.2 Å². The number of hydrogen-bond donors (Lipinski definition) is 1. The monoisotopic (exact) mass is 364 g/mol. The maximum Gasteiger partial charge on any atom is 0.294 e. The van der Waals surface area contributed by atoms with Gasteiger partial charge in [-0.15, -0.1) is 0 Å². The number of carbonyl (C=O) groups excluding carboxylic acids is 2. The van der Waals surface area contributed by atoms with Gasteiger partial charge in [-0.05, 0) is 44.0 Å². The van der Waals surface area contributed by atoms with Crippen molar-refractivity contribution >= 4 is 17.2 Å². The normalized spacial score (nSPS) is 11.1. The highest BCUT2D eigenvalue weighted by molar-refractivity contribution is 6.43. The number of ketones is 1. The third kappa shape index (κ3) is 4.44. The summed E-state index contributed by atoms with van der Waals surface area (Å²) < 4.78 is 7.22. The van der Waals surface area contributed by atoms with Crippen LogP contribution in [-0.4, -0.2) is 35.3 Å². The summed E-state index contributed by atoms with van der Waals surface area (Å²) in [6.07, 6.45) is 2.62. The second-order valence-electron chi connectivity index (χ2n) is 6.63. The minimum absolute atomic E-state index is 0.155. The highest BCUT2D eigenvalue weighted by atomic mass is 16.5. The first-order chi connectivity index (χ1) is 13.1. The maximum atomic E-state index is 12.9. The van der Waals surface area contributed by atoms with E-state index in [0.717, 1.165) is 16.6 Å². The molecule has 0 fully saturated rings. The predicted octanol–water partition coefficient (Wildman–Crippen LogP) is 3.72. The van der Waals surface area contributed by atoms with E-state index in [1.54, 1.807) is 10.6 Å². The van der Waals surface area contributed by atoms with Gasteiger partial charge in [0, 0.05) is 30.4 Å². The minimum Gasteiger partial charge on any atom is -0.379 e. The number of fused-ring (bicyclic) bond motifs is 1. The van der Waals surface area contributed by atoms with E-state index in [1.807, 2.05) is 68.4 Å². The number of nitrogens with one attached hydrogen (secondary N) is 1. The number of Topliss-reactive ketones (excluding diaryl/α,β-unsaturated/α-hetero) is 1. The van der Waals surface area contributed by atoms with Crippen molar-refractivity contribution in [1.29, 1.82) is 0 Å². The Morgan fingerprint density at radius 2 is 1.81 bits per heavy atom. The molecule has 0 unspecified atom stereocenters. The molecule has 0 aliphatic rings. The van der Waals surface area contributed by atoms with Crippen LogP contribution in [0.1, 0.15) is 30.8 Å². The molecule has 2 aromatic heterocycles. The van der Waals surface area contributed by atoms with Crippen LogP contribution in [0.15, 0.2) is 60.8 Å². The lowest BCUT2D eigenvalue weighted by atomic mass is 10.0. The fourth-order valence-corrected chi connectivity index (χ4v) is 2.97. The molecular weight excluding hydrogens is 340 g/mol. The van der Waals surface area contributed by atoms with Crippen molar-refractivity contribution in [3.63, 3.8) is 0 Å². The Bertz CT molecular complexity index is 929. The largest absolute Gasteiger partial charge is 0.379 e. The summed E-state index contributed by atoms with van der Waals surface area (Å²) in [5.41, 5.74) is 2.92. The Hall–Kier alpha value is -2.92. The van der Waals surface area contributed by atoms with Gasteiger partial charge in [-0.3, -0.25) is 9.59 Å². The molecule has 0 atom stereocenters. The van der Waals surface area contributed by atoms with E-state index in [-0.39, 0.29) is 6.10 Å². The van der Waals surface area contributed by atoms with E-state index in [0.29, 0.717) is 25.3 Å². The molecule has 1 amide bonds. The minimum atomic E-state index is -0.597. The predicted molar refractivity (Wildman–Crippen MR) is 106 cm³/mol. The summed E-state index contributed by atoms with van der Waals surface area (Å²) in [6, 6.07) is 17.2. The van der Waals surface area contributed by atoms with Gasteiger partial charge in [0.1, 0.15) is 5.69 Å². The van der Waals surface area contributed by atoms with Gasteiger partial charge in [0.25, 0.3) is 11.7 Å². The number of benzene rings is 1. The second-order valence-corrected chi connectivity index (χ2v) is 6.63. The number of hydrogen-bond acceptors (Lipinski definition) is 3. The molecule has 140 valence electrons. The van der Waals surface area contributed by atoms with Crippen LogP contribution in [0.25, 0.3) is 16.6 Å². The fraction of sp³-hybridized carbons (Fsp3) is 0.273. The first-order valence-electron chi connectivity index (χ1n) is 9.17. The van der Waals surface area contributed by atoms with E-state index < -0.39 is 11.7 Å². The molecular formula is C22H24N2O3. The molecule has 3 rings (SSSR count). The van der Waals surface area contributed by atoms with Crippen LogP contribution in [0.5, 0.6) is 0 Å². The topological polar surface area (TPSA) is 59.8 Å². The van der Waals surface area contributed by atoms with Gasteiger partial charge in [0.15, 0.2) is 0 Å². The van der Waals surface area contributed by atoms with Crippen LogP contribution < -0.4 is 5.32 Å². The summed E-state index contributed by atoms with van der Waals surface area (Å²) in [5.74, 6) is -1.13. The van der Waals surface area contributed by atoms with E-state index in [9.17, 15) is 9.59 Å². The smallest absolute Gasteiger partial charge is 0.294 e. The first-order valence-corrected chi connectivity index (χ1v) is 9.17. The molecule has 2 heterocycles. The number of pyridine rings is 1. The highest BCUT2D eigenvalue weighted by Gasteiger charge is 2.24. The Balaban J connectivity index is 1.82. The van der Waals surface area contributed by atoms with Crippen LogP contribution in [0, 0.1) is 0 Å². The van der Waals surface area contributed by atoms with Gasteiger partial charge < -0.3 is 14.5 Å². The fourth-order valence-electron chi connectivity index (χ4n) is 2.97. The summed E-state index contributed by atoms with van der Waals surface area (Å²) in [5, 5.41) is 2.71. The Morgan fingerprint density at radius 3 is 2.56 bits per heavy atom. The summed E-state index contributed by atoms with van der Waals surface area (Å²) in [4.78, 5) is 25.4. The molecule has 5 nitrogen and oxygen atoms in total. The number of ether oxygens (including phenoxy) is 1. The molecule has 3 aromatic rings. The van der Waals surface area contributed by atoms with Crippen LogP contribution >= 0.6 is 0 Å². The molecule has 0 aliphatic heterocycles. The molecule has 0 saturated carbocycles. The number of amides is 1. The van der Waals surface area contributed by atoms with Gasteiger partial charge >= 0.3 is 0 Å². The van der Waals surface area contributed by atoms with Crippen molar-refractivity contribution in [2.24, 2.45) is 0 Å². The van der Waals surface area contributed by atoms with E-state index in [1.165, 1.54) is 0 Å². The number of carbonyl (C=O) groups is 2. The maximum absolute atomic E-state index is 12.9. The average Bonchev–Trinajstić information content (AvgIpc) is 3.07. The standard InChI is InChI=1S/C22H24N2O3/c1-16(2)27-14-8-12-23-22(26)21(25)20-19(17-9-4-3-5-10-17)15-18-11-6-7-13-24(18)20/h3-7,9-11,13,15-16H,8,12,14H2,1-2H3,(H,23,26). The van der Waals surface area contributed by atoms with Crippen LogP contribution in [0.3, 0.4) is 0 Å². The molecule has 27 heavy (non-hydrogen) atoms. The Morgan fingerprint density at radius 1 is 1.07 bits per heavy atom. The molecule has 0 saturated heterocycles. The number of nitrogens with zero attached hydrogens (tertiary/aromatic N) is 1. The summed E-state index contributed by atoms with van der Waals surface area (Å²) in [6.45, 7) is 4.88. The SMILES string of the molecule is CC(C)OCCCNC(=O)C(=O)c1c(-c2ccccc2)cc2ccccn12. The molecule has 0 bridgehead atoms. The molecule has 0 spiro atoms. The van der Waals surface area contributed by atoms with Gasteiger partial charge in [0.05, 0.1) is 6.10 Å². The summed E-state index contributed by atoms with van der Waals surface area (Å²) in [7, 11) is 0. The Labute approximate surface area is 159 Å². The third-order valence-electron chi connectivity index (χ3n) is 4.24. The lowest BCUT2D eigenvalue weighted by Gasteiger charge is -2.09. The number of rotatable bonds is 8. The van der Waals surface area contributed by atoms with E-state index in [4.69, 9.17) is 4.74 Å². The Kier molecular flexibility index (Phi) is 6.04. The first kappa shape index (κ1) is 18.9. The van der Waals surface area contributed by atoms with Crippen molar-refractivity contribution in [3.05, 3.63) is 66.5 Å². The van der Waals surface area contributed by atoms with Crippen molar-refractivity contribution in [1.82, 2.24) is 9.72 Å². The van der Waals surface area contributed by atoms with Crippen LogP contribution in [0.2, 0.25) is 0 Å². The average molecular weight is 364 g/mol. The molecule has 1 N–H and O–H groups in total. The van der Waals surface area contributed by atoms with Crippen LogP contribution in [0.4, 0.5) is 0 Å². The third-order valence-corrected chi connectivity index (χ3v) is 4.24. The van der Waals surface area contributed by atoms with Crippen molar-refractivity contribution in [3.8, 4) is 11.1 Å². The zero-order valence-corrected chi connectivity index (χ0v) is 15.6. The quantitative estimate of drug-likeness (QED) is 0.376. The zero-order valence-electron chi connectivity index (χ0n) is 15.6. The zero-order chi connectivity index (χ0) is 19.2. The second kappa shape index (κ2) is 8.64. The molecule has 1 aromatic carbocycles. The lowest BCUT2D eigenvalue weighted by molar-refractivity contribution is -0.117. The van der Waals surface area contributed by atoms with Gasteiger partial charge in [-0.2, -0.15) is 0 Å². The molecule has 5 heteroatoms. The van der Waals surface area contributed by atoms with Crippen molar-refractivity contribution < 1.29 is 14.3 Å². The number of aromatic nitrogens is 1. The van der Waals surface area contributed by atoms with Gasteiger partial charge in [0.2, 0.25) is 0 Å².